The molecule has 0 aliphatic carbocycles. The van der Waals surface area contributed by atoms with Crippen molar-refractivity contribution in [2.45, 2.75) is 31.2 Å². The molecule has 148 valence electrons. The lowest BCUT2D eigenvalue weighted by atomic mass is 10.2. The molecule has 2 aromatic heterocycles. The molecule has 1 N–H and O–H groups in total. The van der Waals surface area contributed by atoms with Crippen molar-refractivity contribution >= 4 is 39.9 Å². The second-order valence-electron chi connectivity index (χ2n) is 6.76. The topological polar surface area (TPSA) is 81.4 Å². The van der Waals surface area contributed by atoms with E-state index in [0.717, 1.165) is 22.1 Å². The van der Waals surface area contributed by atoms with Crippen molar-refractivity contribution < 1.29 is 9.53 Å². The molecule has 0 spiro atoms. The number of nitrogens with one attached hydrogen (secondary N) is 1. The van der Waals surface area contributed by atoms with Gasteiger partial charge in [0.25, 0.3) is 0 Å². The molecule has 29 heavy (non-hydrogen) atoms. The van der Waals surface area contributed by atoms with Crippen molar-refractivity contribution in [3.63, 3.8) is 0 Å². The van der Waals surface area contributed by atoms with Gasteiger partial charge in [0.05, 0.1) is 23.6 Å². The van der Waals surface area contributed by atoms with E-state index in [1.54, 1.807) is 11.6 Å². The number of amides is 1. The summed E-state index contributed by atoms with van der Waals surface area (Å²) in [4.78, 5) is 22.1. The number of aromatic nitrogens is 4. The van der Waals surface area contributed by atoms with Crippen LogP contribution in [0.25, 0.3) is 16.6 Å². The molecule has 7 nitrogen and oxygen atoms in total. The van der Waals surface area contributed by atoms with Crippen LogP contribution >= 0.6 is 11.8 Å². The lowest BCUT2D eigenvalue weighted by Gasteiger charge is -2.15. The number of hydrogen-bond donors (Lipinski definition) is 1. The average Bonchev–Trinajstić information content (AvgIpc) is 3.10. The predicted octanol–water partition coefficient (Wildman–Crippen LogP) is 4.02. The number of benzene rings is 2. The quantitative estimate of drug-likeness (QED) is 0.397. The number of nitrogens with zero attached hydrogens (tertiary/aromatic N) is 4. The van der Waals surface area contributed by atoms with E-state index in [-0.39, 0.29) is 5.91 Å². The maximum atomic E-state index is 12.8. The number of carbonyl (C=O) groups is 1. The number of aryl methyl sites for hydroxylation is 2. The van der Waals surface area contributed by atoms with Gasteiger partial charge in [-0.3, -0.25) is 4.79 Å². The van der Waals surface area contributed by atoms with Gasteiger partial charge in [-0.2, -0.15) is 4.52 Å². The van der Waals surface area contributed by atoms with E-state index in [1.165, 1.54) is 11.8 Å². The summed E-state index contributed by atoms with van der Waals surface area (Å²) in [7, 11) is 1.58. The van der Waals surface area contributed by atoms with Crippen molar-refractivity contribution in [1.82, 2.24) is 19.6 Å². The summed E-state index contributed by atoms with van der Waals surface area (Å²) in [5.41, 5.74) is 3.25. The summed E-state index contributed by atoms with van der Waals surface area (Å²) < 4.78 is 7.06. The highest BCUT2D eigenvalue weighted by atomic mass is 32.2. The molecule has 2 heterocycles. The average molecular weight is 407 g/mol. The third kappa shape index (κ3) is 3.75. The highest BCUT2D eigenvalue weighted by Crippen LogP contribution is 2.29. The summed E-state index contributed by atoms with van der Waals surface area (Å²) in [5.74, 6) is 1.14. The van der Waals surface area contributed by atoms with Crippen molar-refractivity contribution in [1.29, 1.82) is 0 Å². The molecular weight excluding hydrogens is 386 g/mol. The van der Waals surface area contributed by atoms with Crippen LogP contribution in [0.1, 0.15) is 18.3 Å². The maximum Gasteiger partial charge on any atom is 0.237 e. The van der Waals surface area contributed by atoms with Crippen LogP contribution in [0.15, 0.2) is 47.6 Å². The molecule has 4 aromatic rings. The molecule has 2 aromatic carbocycles. The van der Waals surface area contributed by atoms with Gasteiger partial charge in [-0.05, 0) is 50.6 Å². The van der Waals surface area contributed by atoms with Gasteiger partial charge in [0, 0.05) is 5.39 Å². The van der Waals surface area contributed by atoms with Crippen molar-refractivity contribution in [3.05, 3.63) is 53.9 Å². The molecule has 8 heteroatoms. The molecule has 0 radical (unpaired) electrons. The normalized spacial score (nSPS) is 12.3. The number of anilines is 1. The Hall–Kier alpha value is -3.13. The largest absolute Gasteiger partial charge is 0.495 e. The lowest BCUT2D eigenvalue weighted by Crippen LogP contribution is -2.23. The van der Waals surface area contributed by atoms with Crippen LogP contribution < -0.4 is 10.1 Å². The first-order chi connectivity index (χ1) is 14.0. The Morgan fingerprint density at radius 2 is 1.97 bits per heavy atom. The van der Waals surface area contributed by atoms with Gasteiger partial charge in [0.15, 0.2) is 10.8 Å². The zero-order valence-electron chi connectivity index (χ0n) is 16.6. The number of fused-ring (bicyclic) bond motifs is 3. The molecule has 1 amide bonds. The first kappa shape index (κ1) is 19.2. The number of methoxy groups -OCH3 is 1. The number of hydrogen-bond acceptors (Lipinski definition) is 6. The van der Waals surface area contributed by atoms with Gasteiger partial charge < -0.3 is 10.1 Å². The van der Waals surface area contributed by atoms with Crippen LogP contribution in [0, 0.1) is 13.8 Å². The second-order valence-corrected chi connectivity index (χ2v) is 8.07. The Kier molecular flexibility index (Phi) is 5.10. The standard InChI is InChI=1S/C21H21N5O2S/c1-12-9-10-18(28-4)17(11-12)23-20(27)13(2)29-21-24-16-8-6-5-7-15(16)19-22-14(3)25-26(19)21/h5-11,13H,1-4H3,(H,23,27). The fraction of sp³-hybridized carbons (Fsp3) is 0.238. The van der Waals surface area contributed by atoms with Crippen LogP contribution in [0.2, 0.25) is 0 Å². The van der Waals surface area contributed by atoms with Gasteiger partial charge in [-0.1, -0.05) is 30.0 Å². The molecular formula is C21H21N5O2S. The minimum Gasteiger partial charge on any atom is -0.495 e. The van der Waals surface area contributed by atoms with Crippen molar-refractivity contribution in [2.75, 3.05) is 12.4 Å². The van der Waals surface area contributed by atoms with Gasteiger partial charge >= 0.3 is 0 Å². The zero-order chi connectivity index (χ0) is 20.5. The highest BCUT2D eigenvalue weighted by molar-refractivity contribution is 8.00. The highest BCUT2D eigenvalue weighted by Gasteiger charge is 2.20. The number of carbonyl (C=O) groups excluding carboxylic acids is 1. The molecule has 0 fully saturated rings. The van der Waals surface area contributed by atoms with Crippen LogP contribution in [0.4, 0.5) is 5.69 Å². The van der Waals surface area contributed by atoms with E-state index in [0.29, 0.717) is 22.4 Å². The maximum absolute atomic E-state index is 12.8. The van der Waals surface area contributed by atoms with E-state index in [9.17, 15) is 4.79 Å². The Bertz CT molecular complexity index is 1220. The molecule has 4 rings (SSSR count). The Morgan fingerprint density at radius 3 is 2.76 bits per heavy atom. The molecule has 1 unspecified atom stereocenters. The smallest absolute Gasteiger partial charge is 0.237 e. The lowest BCUT2D eigenvalue weighted by molar-refractivity contribution is -0.115. The fourth-order valence-electron chi connectivity index (χ4n) is 3.08. The first-order valence-electron chi connectivity index (χ1n) is 9.20. The minimum atomic E-state index is -0.401. The Morgan fingerprint density at radius 1 is 1.17 bits per heavy atom. The summed E-state index contributed by atoms with van der Waals surface area (Å²) in [5, 5.41) is 8.58. The molecule has 0 bridgehead atoms. The van der Waals surface area contributed by atoms with E-state index in [4.69, 9.17) is 9.72 Å². The monoisotopic (exact) mass is 407 g/mol. The Balaban J connectivity index is 1.64. The second kappa shape index (κ2) is 7.71. The first-order valence-corrected chi connectivity index (χ1v) is 10.1. The molecule has 0 aliphatic rings. The van der Waals surface area contributed by atoms with Gasteiger partial charge in [0.1, 0.15) is 11.6 Å². The van der Waals surface area contributed by atoms with E-state index >= 15 is 0 Å². The zero-order valence-corrected chi connectivity index (χ0v) is 17.4. The van der Waals surface area contributed by atoms with E-state index < -0.39 is 5.25 Å². The molecule has 0 saturated carbocycles. The predicted molar refractivity (Wildman–Crippen MR) is 115 cm³/mol. The van der Waals surface area contributed by atoms with Gasteiger partial charge in [0.2, 0.25) is 5.91 Å². The van der Waals surface area contributed by atoms with Crippen LogP contribution in [-0.4, -0.2) is 37.8 Å². The third-order valence-corrected chi connectivity index (χ3v) is 5.56. The van der Waals surface area contributed by atoms with Crippen LogP contribution in [0.3, 0.4) is 0 Å². The summed E-state index contributed by atoms with van der Waals surface area (Å²) >= 11 is 1.34. The molecule has 0 saturated heterocycles. The number of thioether (sulfide) groups is 1. The number of para-hydroxylation sites is 1. The van der Waals surface area contributed by atoms with Crippen molar-refractivity contribution in [3.8, 4) is 5.75 Å². The van der Waals surface area contributed by atoms with Gasteiger partial charge in [-0.15, -0.1) is 5.10 Å². The molecule has 0 aliphatic heterocycles. The summed E-state index contributed by atoms with van der Waals surface area (Å²) in [6.07, 6.45) is 0. The summed E-state index contributed by atoms with van der Waals surface area (Å²) in [6.45, 7) is 5.65. The van der Waals surface area contributed by atoms with Crippen molar-refractivity contribution in [2.24, 2.45) is 0 Å². The Labute approximate surface area is 172 Å². The van der Waals surface area contributed by atoms with E-state index in [2.05, 4.69) is 15.4 Å². The fourth-order valence-corrected chi connectivity index (χ4v) is 3.94. The summed E-state index contributed by atoms with van der Waals surface area (Å²) in [6, 6.07) is 13.5. The number of rotatable bonds is 5. The SMILES string of the molecule is COc1ccc(C)cc1NC(=O)C(C)Sc1nc2ccccc2c2nc(C)nn12. The van der Waals surface area contributed by atoms with Crippen LogP contribution in [0.5, 0.6) is 5.75 Å². The third-order valence-electron chi connectivity index (χ3n) is 4.52. The van der Waals surface area contributed by atoms with Crippen LogP contribution in [-0.2, 0) is 4.79 Å². The molecule has 1 atom stereocenters. The van der Waals surface area contributed by atoms with Gasteiger partial charge in [-0.25, -0.2) is 9.97 Å². The van der Waals surface area contributed by atoms with E-state index in [1.807, 2.05) is 63.2 Å². The number of ether oxygens (including phenoxy) is 1. The minimum absolute atomic E-state index is 0.140.